The predicted octanol–water partition coefficient (Wildman–Crippen LogP) is 4.34. The van der Waals surface area contributed by atoms with Gasteiger partial charge in [0.25, 0.3) is 5.56 Å². The summed E-state index contributed by atoms with van der Waals surface area (Å²) in [6.07, 6.45) is 3.15. The average Bonchev–Trinajstić information content (AvgIpc) is 3.63. The van der Waals surface area contributed by atoms with Gasteiger partial charge in [0.05, 0.1) is 24.6 Å². The molecular weight excluding hydrogens is 436 g/mol. The summed E-state index contributed by atoms with van der Waals surface area (Å²) in [6, 6.07) is 14.3. The number of methoxy groups -OCH3 is 1. The second-order valence-electron chi connectivity index (χ2n) is 7.38. The Kier molecular flexibility index (Phi) is 6.85. The van der Waals surface area contributed by atoms with Crippen LogP contribution in [0.25, 0.3) is 5.69 Å². The second kappa shape index (κ2) is 9.77. The van der Waals surface area contributed by atoms with Crippen molar-refractivity contribution in [3.8, 4) is 17.2 Å². The molecule has 1 N–H and O–H groups in total. The number of halogens is 1. The van der Waals surface area contributed by atoms with E-state index in [1.54, 1.807) is 37.1 Å². The lowest BCUT2D eigenvalue weighted by Gasteiger charge is -2.15. The average molecular weight is 459 g/mol. The van der Waals surface area contributed by atoms with Crippen molar-refractivity contribution in [3.63, 3.8) is 0 Å². The molecule has 0 spiro atoms. The third-order valence-electron chi connectivity index (χ3n) is 5.07. The van der Waals surface area contributed by atoms with E-state index >= 15 is 0 Å². The summed E-state index contributed by atoms with van der Waals surface area (Å²) in [7, 11) is 1.54. The molecule has 1 saturated carbocycles. The molecule has 1 aliphatic rings. The molecule has 0 saturated heterocycles. The van der Waals surface area contributed by atoms with Gasteiger partial charge in [0.15, 0.2) is 11.5 Å². The third kappa shape index (κ3) is 5.61. The summed E-state index contributed by atoms with van der Waals surface area (Å²) in [4.78, 5) is 18.2. The number of aliphatic hydroxyl groups is 1. The molecule has 0 aliphatic heterocycles. The highest BCUT2D eigenvalue weighted by molar-refractivity contribution is 7.98. The molecule has 0 bridgehead atoms. The molecule has 1 unspecified atom stereocenters. The van der Waals surface area contributed by atoms with Crippen LogP contribution in [-0.2, 0) is 5.75 Å². The van der Waals surface area contributed by atoms with Crippen LogP contribution in [-0.4, -0.2) is 34.5 Å². The highest BCUT2D eigenvalue weighted by atomic mass is 35.5. The number of rotatable bonds is 9. The van der Waals surface area contributed by atoms with Gasteiger partial charge in [0.1, 0.15) is 12.9 Å². The van der Waals surface area contributed by atoms with Gasteiger partial charge in [-0.25, -0.2) is 4.98 Å². The van der Waals surface area contributed by atoms with Crippen LogP contribution in [0.1, 0.15) is 18.5 Å². The fourth-order valence-corrected chi connectivity index (χ4v) is 4.04. The Morgan fingerprint density at radius 1 is 1.19 bits per heavy atom. The third-order valence-corrected chi connectivity index (χ3v) is 6.37. The lowest BCUT2D eigenvalue weighted by molar-refractivity contribution is 0.0880. The Hall–Kier alpha value is -2.48. The zero-order valence-corrected chi connectivity index (χ0v) is 18.6. The van der Waals surface area contributed by atoms with Crippen LogP contribution >= 0.6 is 23.4 Å². The van der Waals surface area contributed by atoms with E-state index in [9.17, 15) is 9.90 Å². The summed E-state index contributed by atoms with van der Waals surface area (Å²) in [6.45, 7) is 0.224. The Morgan fingerprint density at radius 3 is 2.65 bits per heavy atom. The molecule has 1 heterocycles. The summed E-state index contributed by atoms with van der Waals surface area (Å²) >= 11 is 7.50. The number of nitrogens with zero attached hydrogens (tertiary/aromatic N) is 2. The molecule has 1 aromatic heterocycles. The van der Waals surface area contributed by atoms with Crippen molar-refractivity contribution in [2.75, 3.05) is 13.7 Å². The van der Waals surface area contributed by atoms with Crippen molar-refractivity contribution in [2.45, 2.75) is 29.6 Å². The van der Waals surface area contributed by atoms with Crippen molar-refractivity contribution in [2.24, 2.45) is 5.92 Å². The number of hydrogen-bond acceptors (Lipinski definition) is 6. The first-order valence-corrected chi connectivity index (χ1v) is 11.3. The van der Waals surface area contributed by atoms with E-state index in [0.717, 1.165) is 17.7 Å². The van der Waals surface area contributed by atoms with Crippen molar-refractivity contribution in [3.05, 3.63) is 75.9 Å². The van der Waals surface area contributed by atoms with Crippen LogP contribution in [0.3, 0.4) is 0 Å². The number of hydrogen-bond donors (Lipinski definition) is 1. The maximum atomic E-state index is 12.7. The fraction of sp³-hybridized carbons (Fsp3) is 0.304. The first kappa shape index (κ1) is 21.7. The lowest BCUT2D eigenvalue weighted by Crippen LogP contribution is -2.20. The Morgan fingerprint density at radius 2 is 1.97 bits per heavy atom. The highest BCUT2D eigenvalue weighted by Gasteiger charge is 2.30. The van der Waals surface area contributed by atoms with Gasteiger partial charge in [-0.2, -0.15) is 0 Å². The van der Waals surface area contributed by atoms with Crippen LogP contribution in [0.5, 0.6) is 11.5 Å². The molecule has 1 fully saturated rings. The minimum Gasteiger partial charge on any atom is -0.493 e. The Balaban J connectivity index is 1.45. The van der Waals surface area contributed by atoms with Gasteiger partial charge in [-0.3, -0.25) is 9.36 Å². The van der Waals surface area contributed by atoms with E-state index in [1.165, 1.54) is 17.0 Å². The number of thioether (sulfide) groups is 1. The number of benzene rings is 2. The molecule has 0 radical (unpaired) electrons. The molecule has 4 rings (SSSR count). The van der Waals surface area contributed by atoms with Crippen LogP contribution < -0.4 is 15.0 Å². The number of ether oxygens (including phenoxy) is 2. The minimum absolute atomic E-state index is 0.179. The Labute approximate surface area is 189 Å². The topological polar surface area (TPSA) is 73.6 Å². The molecular formula is C23H23ClN2O4S. The largest absolute Gasteiger partial charge is 0.493 e. The normalized spacial score (nSPS) is 14.3. The van der Waals surface area contributed by atoms with Gasteiger partial charge in [0.2, 0.25) is 0 Å². The van der Waals surface area contributed by atoms with Crippen LogP contribution in [0.15, 0.2) is 64.5 Å². The van der Waals surface area contributed by atoms with E-state index in [4.69, 9.17) is 21.1 Å². The smallest absolute Gasteiger partial charge is 0.258 e. The quantitative estimate of drug-likeness (QED) is 0.481. The monoisotopic (exact) mass is 458 g/mol. The van der Waals surface area contributed by atoms with E-state index in [1.807, 2.05) is 24.3 Å². The summed E-state index contributed by atoms with van der Waals surface area (Å²) in [5, 5.41) is 10.7. The standard InChI is InChI=1S/C23H23ClN2O4S/c1-29-22-11-18(6-9-21(22)30-12-20(27)15-2-3-15)26-14-25-17(10-23(26)28)13-31-19-7-4-16(24)5-8-19/h4-11,14-15,20,27H,2-3,12-13H2,1H3. The van der Waals surface area contributed by atoms with Crippen molar-refractivity contribution in [1.29, 1.82) is 0 Å². The fourth-order valence-electron chi connectivity index (χ4n) is 3.12. The van der Waals surface area contributed by atoms with Gasteiger partial charge in [-0.15, -0.1) is 11.8 Å². The molecule has 8 heteroatoms. The summed E-state index contributed by atoms with van der Waals surface area (Å²) < 4.78 is 12.6. The second-order valence-corrected chi connectivity index (χ2v) is 8.87. The van der Waals surface area contributed by atoms with Gasteiger partial charge in [0, 0.05) is 27.8 Å². The molecule has 6 nitrogen and oxygen atoms in total. The maximum Gasteiger partial charge on any atom is 0.258 e. The van der Waals surface area contributed by atoms with Gasteiger partial charge in [-0.1, -0.05) is 11.6 Å². The highest BCUT2D eigenvalue weighted by Crippen LogP contribution is 2.34. The van der Waals surface area contributed by atoms with Gasteiger partial charge >= 0.3 is 0 Å². The molecule has 2 aromatic carbocycles. The number of aliphatic hydroxyl groups excluding tert-OH is 1. The molecule has 162 valence electrons. The van der Waals surface area contributed by atoms with E-state index in [0.29, 0.717) is 39.6 Å². The van der Waals surface area contributed by atoms with Gasteiger partial charge in [-0.05, 0) is 55.2 Å². The van der Waals surface area contributed by atoms with Gasteiger partial charge < -0.3 is 14.6 Å². The number of aromatic nitrogens is 2. The van der Waals surface area contributed by atoms with Crippen molar-refractivity contribution < 1.29 is 14.6 Å². The zero-order chi connectivity index (χ0) is 21.8. The minimum atomic E-state index is -0.463. The molecule has 1 aliphatic carbocycles. The molecule has 31 heavy (non-hydrogen) atoms. The molecule has 3 aromatic rings. The van der Waals surface area contributed by atoms with Crippen molar-refractivity contribution >= 4 is 23.4 Å². The Bertz CT molecular complexity index is 1100. The lowest BCUT2D eigenvalue weighted by atomic mass is 10.2. The van der Waals surface area contributed by atoms with Crippen LogP contribution in [0, 0.1) is 5.92 Å². The summed E-state index contributed by atoms with van der Waals surface area (Å²) in [5.74, 6) is 1.95. The van der Waals surface area contributed by atoms with E-state index in [2.05, 4.69) is 4.98 Å². The van der Waals surface area contributed by atoms with Crippen molar-refractivity contribution in [1.82, 2.24) is 9.55 Å². The van der Waals surface area contributed by atoms with Crippen LogP contribution in [0.4, 0.5) is 0 Å². The van der Waals surface area contributed by atoms with E-state index < -0.39 is 6.10 Å². The predicted molar refractivity (Wildman–Crippen MR) is 122 cm³/mol. The first-order chi connectivity index (χ1) is 15.0. The first-order valence-electron chi connectivity index (χ1n) is 9.98. The molecule has 1 atom stereocenters. The van der Waals surface area contributed by atoms with Crippen LogP contribution in [0.2, 0.25) is 5.02 Å². The van der Waals surface area contributed by atoms with E-state index in [-0.39, 0.29) is 12.2 Å². The summed E-state index contributed by atoms with van der Waals surface area (Å²) in [5.41, 5.74) is 1.14. The maximum absolute atomic E-state index is 12.7. The zero-order valence-electron chi connectivity index (χ0n) is 17.0. The molecule has 0 amide bonds. The SMILES string of the molecule is COc1cc(-n2cnc(CSc3ccc(Cl)cc3)cc2=O)ccc1OCC(O)C1CC1.